The highest BCUT2D eigenvalue weighted by molar-refractivity contribution is 7.89. The number of hydrogen-bond acceptors (Lipinski definition) is 4. The van der Waals surface area contributed by atoms with E-state index in [1.807, 2.05) is 6.07 Å². The number of nitrogens with two attached hydrogens (primary N) is 1. The van der Waals surface area contributed by atoms with Crippen LogP contribution in [0.15, 0.2) is 29.4 Å². The third-order valence-electron chi connectivity index (χ3n) is 5.14. The van der Waals surface area contributed by atoms with Gasteiger partial charge in [-0.2, -0.15) is 4.31 Å². The van der Waals surface area contributed by atoms with Crippen molar-refractivity contribution in [2.75, 3.05) is 6.54 Å². The predicted molar refractivity (Wildman–Crippen MR) is 87.9 cm³/mol. The van der Waals surface area contributed by atoms with Gasteiger partial charge in [0.2, 0.25) is 0 Å². The maximum absolute atomic E-state index is 13.3. The summed E-state index contributed by atoms with van der Waals surface area (Å²) in [6, 6.07) is 5.40. The summed E-state index contributed by atoms with van der Waals surface area (Å²) in [5, 5.41) is 0.0945. The van der Waals surface area contributed by atoms with Gasteiger partial charge >= 0.3 is 0 Å². The van der Waals surface area contributed by atoms with Crippen LogP contribution < -0.4 is 5.73 Å². The molecule has 1 atom stereocenters. The Bertz CT molecular complexity index is 859. The van der Waals surface area contributed by atoms with Gasteiger partial charge in [-0.05, 0) is 44.2 Å². The molecule has 0 amide bonds. The number of piperidine rings is 1. The van der Waals surface area contributed by atoms with Crippen LogP contribution in [0.3, 0.4) is 0 Å². The molecule has 3 heterocycles. The van der Waals surface area contributed by atoms with Crippen LogP contribution in [0.4, 0.5) is 0 Å². The molecule has 1 spiro atoms. The summed E-state index contributed by atoms with van der Waals surface area (Å²) in [4.78, 5) is 4.18. The Hall–Kier alpha value is -1.15. The van der Waals surface area contributed by atoms with Crippen molar-refractivity contribution in [1.82, 2.24) is 13.7 Å². The van der Waals surface area contributed by atoms with Crippen molar-refractivity contribution in [3.63, 3.8) is 0 Å². The molecule has 1 aliphatic heterocycles. The van der Waals surface area contributed by atoms with Gasteiger partial charge in [-0.1, -0.05) is 17.7 Å². The first-order valence-electron chi connectivity index (χ1n) is 7.85. The lowest BCUT2D eigenvalue weighted by molar-refractivity contribution is 0.0410. The molecule has 23 heavy (non-hydrogen) atoms. The number of pyridine rings is 1. The number of fused-ring (bicyclic) bond motifs is 1. The van der Waals surface area contributed by atoms with Crippen molar-refractivity contribution < 1.29 is 8.42 Å². The molecule has 0 radical (unpaired) electrons. The summed E-state index contributed by atoms with van der Waals surface area (Å²) in [5.41, 5.74) is 6.30. The maximum atomic E-state index is 13.3. The van der Waals surface area contributed by atoms with Gasteiger partial charge in [0.25, 0.3) is 10.0 Å². The smallest absolute Gasteiger partial charge is 0.262 e. The Morgan fingerprint density at radius 2 is 2.13 bits per heavy atom. The van der Waals surface area contributed by atoms with E-state index in [1.54, 1.807) is 27.0 Å². The summed E-state index contributed by atoms with van der Waals surface area (Å²) in [6.45, 7) is 0.444. The topological polar surface area (TPSA) is 80.7 Å². The average Bonchev–Trinajstić information content (AvgIpc) is 2.81. The summed E-state index contributed by atoms with van der Waals surface area (Å²) in [5.74, 6) is 0. The molecular formula is C15H19ClN4O2S. The SMILES string of the molecule is NC1CCN(S(=O)(=O)c2c(Cl)nc3ccccn23)C2(CCC2)C1. The highest BCUT2D eigenvalue weighted by atomic mass is 35.5. The summed E-state index contributed by atoms with van der Waals surface area (Å²) >= 11 is 6.19. The van der Waals surface area contributed by atoms with Gasteiger partial charge in [0.1, 0.15) is 5.65 Å². The third kappa shape index (κ3) is 2.21. The fourth-order valence-electron chi connectivity index (χ4n) is 3.91. The van der Waals surface area contributed by atoms with Gasteiger partial charge in [0.15, 0.2) is 10.2 Å². The van der Waals surface area contributed by atoms with Gasteiger partial charge < -0.3 is 5.73 Å². The van der Waals surface area contributed by atoms with Crippen LogP contribution in [0.1, 0.15) is 32.1 Å². The molecule has 1 unspecified atom stereocenters. The average molecular weight is 355 g/mol. The standard InChI is InChI=1S/C15H19ClN4O2S/c16-13-14(19-8-2-1-4-12(19)18-13)23(21,22)20-9-5-11(17)10-15(20)6-3-7-15/h1-2,4,8,11H,3,5-7,9-10,17H2. The highest BCUT2D eigenvalue weighted by Crippen LogP contribution is 2.47. The van der Waals surface area contributed by atoms with E-state index >= 15 is 0 Å². The number of halogens is 1. The fraction of sp³-hybridized carbons (Fsp3) is 0.533. The molecule has 2 fully saturated rings. The van der Waals surface area contributed by atoms with Crippen LogP contribution in [0.2, 0.25) is 5.15 Å². The zero-order valence-electron chi connectivity index (χ0n) is 12.7. The molecule has 1 saturated heterocycles. The van der Waals surface area contributed by atoms with Crippen molar-refractivity contribution in [1.29, 1.82) is 0 Å². The molecular weight excluding hydrogens is 336 g/mol. The molecule has 2 aromatic rings. The van der Waals surface area contributed by atoms with Crippen molar-refractivity contribution in [3.05, 3.63) is 29.5 Å². The van der Waals surface area contributed by atoms with Crippen LogP contribution in [0, 0.1) is 0 Å². The monoisotopic (exact) mass is 354 g/mol. The van der Waals surface area contributed by atoms with Gasteiger partial charge in [0, 0.05) is 24.3 Å². The Balaban J connectivity index is 1.85. The van der Waals surface area contributed by atoms with Gasteiger partial charge in [-0.3, -0.25) is 4.40 Å². The Morgan fingerprint density at radius 3 is 2.83 bits per heavy atom. The second kappa shape index (κ2) is 5.17. The van der Waals surface area contributed by atoms with Crippen molar-refractivity contribution in [2.45, 2.75) is 48.7 Å². The quantitative estimate of drug-likeness (QED) is 0.894. The maximum Gasteiger partial charge on any atom is 0.262 e. The number of imidazole rings is 1. The fourth-order valence-corrected chi connectivity index (χ4v) is 6.36. The first kappa shape index (κ1) is 15.4. The van der Waals surface area contributed by atoms with E-state index in [2.05, 4.69) is 4.98 Å². The molecule has 8 heteroatoms. The molecule has 4 rings (SSSR count). The Morgan fingerprint density at radius 1 is 1.35 bits per heavy atom. The van der Waals surface area contributed by atoms with Crippen molar-refractivity contribution in [2.24, 2.45) is 5.73 Å². The van der Waals surface area contributed by atoms with Gasteiger partial charge in [0.05, 0.1) is 0 Å². The second-order valence-electron chi connectivity index (χ2n) is 6.54. The van der Waals surface area contributed by atoms with Crippen molar-refractivity contribution in [3.8, 4) is 0 Å². The van der Waals surface area contributed by atoms with E-state index in [0.717, 1.165) is 25.7 Å². The summed E-state index contributed by atoms with van der Waals surface area (Å²) in [6.07, 6.45) is 5.86. The molecule has 2 N–H and O–H groups in total. The largest absolute Gasteiger partial charge is 0.328 e. The van der Waals surface area contributed by atoms with E-state index in [4.69, 9.17) is 17.3 Å². The normalized spacial score (nSPS) is 24.9. The molecule has 1 aliphatic carbocycles. The summed E-state index contributed by atoms with van der Waals surface area (Å²) in [7, 11) is -3.72. The summed E-state index contributed by atoms with van der Waals surface area (Å²) < 4.78 is 29.9. The molecule has 124 valence electrons. The Kier molecular flexibility index (Phi) is 3.46. The van der Waals surface area contributed by atoms with E-state index < -0.39 is 10.0 Å². The van der Waals surface area contributed by atoms with Crippen LogP contribution in [-0.2, 0) is 10.0 Å². The number of rotatable bonds is 2. The minimum absolute atomic E-state index is 0.0283. The van der Waals surface area contributed by atoms with Crippen LogP contribution in [0.25, 0.3) is 5.65 Å². The first-order chi connectivity index (χ1) is 10.9. The molecule has 2 aliphatic rings. The molecule has 0 aromatic carbocycles. The number of sulfonamides is 1. The molecule has 0 bridgehead atoms. The van der Waals surface area contributed by atoms with Gasteiger partial charge in [-0.25, -0.2) is 13.4 Å². The second-order valence-corrected chi connectivity index (χ2v) is 8.68. The third-order valence-corrected chi connectivity index (χ3v) is 7.54. The van der Waals surface area contributed by atoms with E-state index in [1.165, 1.54) is 0 Å². The van der Waals surface area contributed by atoms with Crippen LogP contribution in [0.5, 0.6) is 0 Å². The van der Waals surface area contributed by atoms with Crippen LogP contribution >= 0.6 is 11.6 Å². The van der Waals surface area contributed by atoms with Crippen molar-refractivity contribution >= 4 is 27.3 Å². The molecule has 2 aromatic heterocycles. The molecule has 1 saturated carbocycles. The lowest BCUT2D eigenvalue weighted by Gasteiger charge is -2.53. The lowest BCUT2D eigenvalue weighted by Crippen LogP contribution is -2.62. The van der Waals surface area contributed by atoms with E-state index in [-0.39, 0.29) is 21.8 Å². The zero-order valence-corrected chi connectivity index (χ0v) is 14.2. The Labute approximate surface area is 140 Å². The van der Waals surface area contributed by atoms with Crippen LogP contribution in [-0.4, -0.2) is 40.2 Å². The zero-order chi connectivity index (χ0) is 16.2. The van der Waals surface area contributed by atoms with E-state index in [9.17, 15) is 8.42 Å². The predicted octanol–water partition coefficient (Wildman–Crippen LogP) is 2.02. The van der Waals surface area contributed by atoms with E-state index in [0.29, 0.717) is 18.6 Å². The minimum atomic E-state index is -3.72. The lowest BCUT2D eigenvalue weighted by atomic mass is 9.70. The number of nitrogens with zero attached hydrogens (tertiary/aromatic N) is 3. The number of hydrogen-bond donors (Lipinski definition) is 1. The minimum Gasteiger partial charge on any atom is -0.328 e. The highest BCUT2D eigenvalue weighted by Gasteiger charge is 2.52. The first-order valence-corrected chi connectivity index (χ1v) is 9.67. The molecule has 6 nitrogen and oxygen atoms in total. The number of aromatic nitrogens is 2. The van der Waals surface area contributed by atoms with Gasteiger partial charge in [-0.15, -0.1) is 0 Å².